The van der Waals surface area contributed by atoms with Crippen molar-refractivity contribution in [2.24, 2.45) is 22.7 Å². The minimum Gasteiger partial charge on any atom is -0.435 e. The number of rotatable bonds is 9. The second-order valence-electron chi connectivity index (χ2n) is 11.9. The van der Waals surface area contributed by atoms with Gasteiger partial charge in [-0.3, -0.25) is 9.59 Å². The Balaban J connectivity index is 1.68. The standard InChI is InChI=1S/C30H41ClO9/c1-5-7-8-15-38-26(36)40-29(24(34)18-39-25(35)37-6-2)14-12-21-22-10-9-19-16-20(32)11-13-27(19,3)30(22,31)23(33)17-28(21,29)4/h11,13,16,21-23,33H,5-10,12,14-15,17-18H2,1-4H3/t21-,22-,23?,27-,28-,29-,30-/m0/s1. The normalized spacial score (nSPS) is 37.9. The van der Waals surface area contributed by atoms with Crippen molar-refractivity contribution in [2.75, 3.05) is 19.8 Å². The molecule has 0 aliphatic heterocycles. The first kappa shape index (κ1) is 30.6. The second-order valence-corrected chi connectivity index (χ2v) is 12.6. The van der Waals surface area contributed by atoms with Crippen molar-refractivity contribution in [3.05, 3.63) is 23.8 Å². The van der Waals surface area contributed by atoms with Crippen LogP contribution in [0.15, 0.2) is 23.8 Å². The van der Waals surface area contributed by atoms with Gasteiger partial charge in [0, 0.05) is 10.8 Å². The van der Waals surface area contributed by atoms with Gasteiger partial charge in [0.1, 0.15) is 0 Å². The van der Waals surface area contributed by atoms with Crippen LogP contribution >= 0.6 is 11.6 Å². The van der Waals surface area contributed by atoms with E-state index in [1.807, 2.05) is 20.8 Å². The molecule has 3 fully saturated rings. The Labute approximate surface area is 240 Å². The van der Waals surface area contributed by atoms with Crippen molar-refractivity contribution in [1.82, 2.24) is 0 Å². The molecule has 4 aliphatic carbocycles. The van der Waals surface area contributed by atoms with Gasteiger partial charge in [0.15, 0.2) is 18.0 Å². The van der Waals surface area contributed by atoms with Crippen molar-refractivity contribution in [3.8, 4) is 0 Å². The van der Waals surface area contributed by atoms with Crippen LogP contribution in [0.2, 0.25) is 0 Å². The van der Waals surface area contributed by atoms with E-state index in [9.17, 15) is 24.3 Å². The van der Waals surface area contributed by atoms with E-state index < -0.39 is 52.1 Å². The molecule has 4 rings (SSSR count). The summed E-state index contributed by atoms with van der Waals surface area (Å²) in [6, 6.07) is 0. The number of allylic oxidation sites excluding steroid dienone is 4. The van der Waals surface area contributed by atoms with E-state index in [-0.39, 0.29) is 43.7 Å². The van der Waals surface area contributed by atoms with Crippen molar-refractivity contribution in [1.29, 1.82) is 0 Å². The topological polar surface area (TPSA) is 125 Å². The molecule has 0 spiro atoms. The molecule has 0 amide bonds. The molecule has 0 bridgehead atoms. The fraction of sp³-hybridized carbons (Fsp3) is 0.733. The molecule has 0 radical (unpaired) electrons. The fourth-order valence-corrected chi connectivity index (χ4v) is 8.48. The average Bonchev–Trinajstić information content (AvgIpc) is 3.19. The summed E-state index contributed by atoms with van der Waals surface area (Å²) in [5.74, 6) is -1.12. The quantitative estimate of drug-likeness (QED) is 0.215. The molecular formula is C30H41ClO9. The molecule has 3 saturated carbocycles. The first-order valence-electron chi connectivity index (χ1n) is 14.4. The number of hydrogen-bond acceptors (Lipinski definition) is 9. The van der Waals surface area contributed by atoms with E-state index in [0.717, 1.165) is 18.4 Å². The molecule has 40 heavy (non-hydrogen) atoms. The lowest BCUT2D eigenvalue weighted by atomic mass is 9.45. The zero-order valence-corrected chi connectivity index (χ0v) is 24.6. The number of ether oxygens (including phenoxy) is 4. The number of hydrogen-bond donors (Lipinski definition) is 1. The van der Waals surface area contributed by atoms with Gasteiger partial charge in [-0.15, -0.1) is 11.6 Å². The SMILES string of the molecule is CCCCCOC(=O)O[C@]1(C(=O)COC(=O)OCC)CC[C@H]2[C@@H]3CCC4=CC(=O)C=C[C@]4(C)[C@@]3(Cl)C(O)C[C@@]21C. The van der Waals surface area contributed by atoms with E-state index in [0.29, 0.717) is 25.7 Å². The first-order chi connectivity index (χ1) is 18.9. The minimum absolute atomic E-state index is 0.0661. The maximum Gasteiger partial charge on any atom is 0.509 e. The summed E-state index contributed by atoms with van der Waals surface area (Å²) in [6.45, 7) is 7.06. The molecule has 1 N–H and O–H groups in total. The number of alkyl halides is 1. The van der Waals surface area contributed by atoms with Gasteiger partial charge < -0.3 is 24.1 Å². The molecule has 4 aliphatic rings. The number of carbonyl (C=O) groups is 4. The zero-order valence-electron chi connectivity index (χ0n) is 23.8. The van der Waals surface area contributed by atoms with Crippen LogP contribution < -0.4 is 0 Å². The van der Waals surface area contributed by atoms with Crippen molar-refractivity contribution < 1.29 is 43.2 Å². The third-order valence-electron chi connectivity index (χ3n) is 10.0. The smallest absolute Gasteiger partial charge is 0.435 e. The lowest BCUT2D eigenvalue weighted by Crippen LogP contribution is -2.69. The Morgan fingerprint density at radius 1 is 1.05 bits per heavy atom. The lowest BCUT2D eigenvalue weighted by Gasteiger charge is -2.63. The Bertz CT molecular complexity index is 1100. The van der Waals surface area contributed by atoms with Crippen LogP contribution in [0.3, 0.4) is 0 Å². The predicted octanol–water partition coefficient (Wildman–Crippen LogP) is 5.45. The van der Waals surface area contributed by atoms with Crippen LogP contribution in [-0.4, -0.2) is 65.4 Å². The summed E-state index contributed by atoms with van der Waals surface area (Å²) in [5.41, 5.74) is -2.57. The molecule has 7 atom stereocenters. The number of Topliss-reactive ketones (excluding diaryl/α,β-unsaturated/α-hetero) is 1. The van der Waals surface area contributed by atoms with Crippen LogP contribution in [0.25, 0.3) is 0 Å². The Morgan fingerprint density at radius 2 is 1.80 bits per heavy atom. The minimum atomic E-state index is -1.69. The first-order valence-corrected chi connectivity index (χ1v) is 14.8. The van der Waals surface area contributed by atoms with Crippen molar-refractivity contribution >= 4 is 35.5 Å². The maximum atomic E-state index is 13.9. The van der Waals surface area contributed by atoms with E-state index in [2.05, 4.69) is 0 Å². The lowest BCUT2D eigenvalue weighted by molar-refractivity contribution is -0.179. The van der Waals surface area contributed by atoms with Crippen LogP contribution in [-0.2, 0) is 28.5 Å². The monoisotopic (exact) mass is 580 g/mol. The molecule has 222 valence electrons. The van der Waals surface area contributed by atoms with Gasteiger partial charge in [0.25, 0.3) is 0 Å². The highest BCUT2D eigenvalue weighted by molar-refractivity contribution is 6.26. The Morgan fingerprint density at radius 3 is 2.50 bits per heavy atom. The van der Waals surface area contributed by atoms with E-state index >= 15 is 0 Å². The second kappa shape index (κ2) is 11.5. The zero-order chi connectivity index (χ0) is 29.3. The highest BCUT2D eigenvalue weighted by Crippen LogP contribution is 2.71. The number of ketones is 2. The summed E-state index contributed by atoms with van der Waals surface area (Å²) in [4.78, 5) is 49.8. The van der Waals surface area contributed by atoms with Gasteiger partial charge in [-0.25, -0.2) is 9.59 Å². The molecule has 1 unspecified atom stereocenters. The number of aliphatic hydroxyl groups excluding tert-OH is 1. The van der Waals surface area contributed by atoms with Crippen LogP contribution in [0.5, 0.6) is 0 Å². The van der Waals surface area contributed by atoms with Crippen LogP contribution in [0.1, 0.15) is 79.1 Å². The summed E-state index contributed by atoms with van der Waals surface area (Å²) in [5, 5.41) is 11.8. The van der Waals surface area contributed by atoms with Gasteiger partial charge in [0.05, 0.1) is 24.2 Å². The summed E-state index contributed by atoms with van der Waals surface area (Å²) < 4.78 is 21.2. The molecule has 10 heteroatoms. The molecule has 0 aromatic carbocycles. The number of carbonyl (C=O) groups excluding carboxylic acids is 4. The van der Waals surface area contributed by atoms with Gasteiger partial charge in [-0.1, -0.05) is 45.3 Å². The molecule has 0 aromatic heterocycles. The molecule has 0 heterocycles. The largest absolute Gasteiger partial charge is 0.509 e. The number of unbranched alkanes of at least 4 members (excludes halogenated alkanes) is 2. The van der Waals surface area contributed by atoms with Crippen molar-refractivity contribution in [2.45, 2.75) is 95.6 Å². The van der Waals surface area contributed by atoms with Crippen LogP contribution in [0, 0.1) is 22.7 Å². The van der Waals surface area contributed by atoms with Gasteiger partial charge >= 0.3 is 12.3 Å². The van der Waals surface area contributed by atoms with E-state index in [4.69, 9.17) is 30.5 Å². The highest BCUT2D eigenvalue weighted by atomic mass is 35.5. The van der Waals surface area contributed by atoms with E-state index in [1.165, 1.54) is 6.08 Å². The molecule has 0 aromatic rings. The highest BCUT2D eigenvalue weighted by Gasteiger charge is 2.74. The fourth-order valence-electron chi connectivity index (χ4n) is 7.96. The van der Waals surface area contributed by atoms with Crippen LogP contribution in [0.4, 0.5) is 9.59 Å². The summed E-state index contributed by atoms with van der Waals surface area (Å²) in [7, 11) is 0. The Kier molecular flexibility index (Phi) is 8.77. The number of halogens is 1. The van der Waals surface area contributed by atoms with Gasteiger partial charge in [-0.05, 0) is 69.4 Å². The number of aliphatic hydroxyl groups is 1. The number of fused-ring (bicyclic) bond motifs is 5. The third-order valence-corrected chi connectivity index (χ3v) is 10.9. The molecule has 9 nitrogen and oxygen atoms in total. The summed E-state index contributed by atoms with van der Waals surface area (Å²) in [6.07, 6.45) is 6.35. The molecule has 0 saturated heterocycles. The Hall–Kier alpha value is -2.39. The van der Waals surface area contributed by atoms with Gasteiger partial charge in [0.2, 0.25) is 5.78 Å². The maximum absolute atomic E-state index is 13.9. The third kappa shape index (κ3) is 4.77. The van der Waals surface area contributed by atoms with E-state index in [1.54, 1.807) is 19.1 Å². The average molecular weight is 581 g/mol. The summed E-state index contributed by atoms with van der Waals surface area (Å²) >= 11 is 7.48. The van der Waals surface area contributed by atoms with Crippen molar-refractivity contribution in [3.63, 3.8) is 0 Å². The molecular weight excluding hydrogens is 540 g/mol. The predicted molar refractivity (Wildman–Crippen MR) is 146 cm³/mol. The van der Waals surface area contributed by atoms with Gasteiger partial charge in [-0.2, -0.15) is 0 Å².